The Morgan fingerprint density at radius 2 is 1.96 bits per heavy atom. The Balaban J connectivity index is 1.39. The molecule has 2 aromatic carbocycles. The Morgan fingerprint density at radius 3 is 2.85 bits per heavy atom. The average molecular weight is 348 g/mol. The average Bonchev–Trinajstić information content (AvgIpc) is 3.30. The van der Waals surface area contributed by atoms with Crippen molar-refractivity contribution in [2.24, 2.45) is 0 Å². The summed E-state index contributed by atoms with van der Waals surface area (Å²) in [6.07, 6.45) is 5.25. The molecule has 0 unspecified atom stereocenters. The molecule has 1 aliphatic rings. The summed E-state index contributed by atoms with van der Waals surface area (Å²) >= 11 is 0. The van der Waals surface area contributed by atoms with E-state index in [0.29, 0.717) is 16.8 Å². The number of carbonyl (C=O) groups excluding carboxylic acids is 1. The molecule has 130 valence electrons. The van der Waals surface area contributed by atoms with E-state index in [-0.39, 0.29) is 12.3 Å². The fourth-order valence-electron chi connectivity index (χ4n) is 3.69. The largest absolute Gasteiger partial charge is 0.464 e. The lowest BCUT2D eigenvalue weighted by molar-refractivity contribution is -0.115. The molecule has 6 nitrogen and oxygen atoms in total. The van der Waals surface area contributed by atoms with Crippen LogP contribution in [0.5, 0.6) is 0 Å². The number of hydrogen-bond acceptors (Lipinski definition) is 4. The Bertz CT molecular complexity index is 1210. The molecule has 0 atom stereocenters. The third-order valence-corrected chi connectivity index (χ3v) is 4.92. The number of furan rings is 1. The lowest BCUT2D eigenvalue weighted by Crippen LogP contribution is -2.14. The number of hydrogen-bond donors (Lipinski definition) is 2. The van der Waals surface area contributed by atoms with Crippen molar-refractivity contribution in [3.63, 3.8) is 0 Å². The van der Waals surface area contributed by atoms with E-state index >= 15 is 0 Å². The molecule has 1 aliphatic carbocycles. The molecule has 0 radical (unpaired) electrons. The molecule has 2 N–H and O–H groups in total. The first kappa shape index (κ1) is 15.0. The first-order chi connectivity index (χ1) is 12.7. The van der Waals surface area contributed by atoms with Gasteiger partial charge in [0, 0.05) is 16.6 Å². The van der Waals surface area contributed by atoms with Gasteiger partial charge in [-0.05, 0) is 60.7 Å². The van der Waals surface area contributed by atoms with Crippen molar-refractivity contribution in [2.45, 2.75) is 25.7 Å². The van der Waals surface area contributed by atoms with E-state index in [1.807, 2.05) is 0 Å². The van der Waals surface area contributed by atoms with Crippen molar-refractivity contribution in [3.8, 4) is 0 Å². The Hall–Kier alpha value is -3.28. The normalized spacial score (nSPS) is 13.4. The summed E-state index contributed by atoms with van der Waals surface area (Å²) in [5.74, 6) is -0.653. The molecule has 0 saturated heterocycles. The summed E-state index contributed by atoms with van der Waals surface area (Å²) in [5.41, 5.74) is 6.05. The fraction of sp³-hybridized carbons (Fsp3) is 0.200. The van der Waals surface area contributed by atoms with E-state index in [4.69, 9.17) is 8.83 Å². The summed E-state index contributed by atoms with van der Waals surface area (Å²) in [4.78, 5) is 26.2. The van der Waals surface area contributed by atoms with E-state index in [9.17, 15) is 9.59 Å². The summed E-state index contributed by atoms with van der Waals surface area (Å²) in [7, 11) is 0. The maximum absolute atomic E-state index is 12.5. The molecule has 2 heterocycles. The lowest BCUT2D eigenvalue weighted by Gasteiger charge is -2.05. The van der Waals surface area contributed by atoms with Crippen molar-refractivity contribution in [3.05, 3.63) is 63.8 Å². The molecule has 0 aliphatic heterocycles. The number of benzene rings is 2. The van der Waals surface area contributed by atoms with Gasteiger partial charge >= 0.3 is 5.76 Å². The quantitative estimate of drug-likeness (QED) is 0.593. The van der Waals surface area contributed by atoms with Crippen molar-refractivity contribution >= 4 is 33.7 Å². The van der Waals surface area contributed by atoms with E-state index in [1.165, 1.54) is 17.5 Å². The van der Waals surface area contributed by atoms with E-state index < -0.39 is 5.76 Å². The first-order valence-electron chi connectivity index (χ1n) is 8.60. The number of aromatic amines is 1. The number of aromatic nitrogens is 1. The van der Waals surface area contributed by atoms with Gasteiger partial charge in [0.25, 0.3) is 0 Å². The number of anilines is 1. The Kier molecular flexibility index (Phi) is 3.25. The predicted octanol–water partition coefficient (Wildman–Crippen LogP) is 3.54. The molecule has 26 heavy (non-hydrogen) atoms. The highest BCUT2D eigenvalue weighted by Gasteiger charge is 2.17. The molecular formula is C20H16N2O4. The summed E-state index contributed by atoms with van der Waals surface area (Å²) in [5, 5.41) is 3.86. The monoisotopic (exact) mass is 348 g/mol. The highest BCUT2D eigenvalue weighted by molar-refractivity contribution is 5.96. The van der Waals surface area contributed by atoms with Crippen LogP contribution in [0.25, 0.3) is 22.1 Å². The first-order valence-corrected chi connectivity index (χ1v) is 8.60. The fourth-order valence-corrected chi connectivity index (χ4v) is 3.69. The zero-order valence-corrected chi connectivity index (χ0v) is 13.9. The van der Waals surface area contributed by atoms with Gasteiger partial charge in [0.2, 0.25) is 5.91 Å². The van der Waals surface area contributed by atoms with Crippen molar-refractivity contribution in [1.29, 1.82) is 0 Å². The van der Waals surface area contributed by atoms with Crippen molar-refractivity contribution in [1.82, 2.24) is 4.98 Å². The zero-order valence-electron chi connectivity index (χ0n) is 13.9. The van der Waals surface area contributed by atoms with Crippen LogP contribution in [0.1, 0.15) is 23.1 Å². The number of H-pyrrole nitrogens is 1. The Morgan fingerprint density at radius 1 is 1.12 bits per heavy atom. The van der Waals surface area contributed by atoms with Gasteiger partial charge in [0.15, 0.2) is 5.58 Å². The number of aryl methyl sites for hydroxylation is 2. The van der Waals surface area contributed by atoms with Crippen molar-refractivity contribution in [2.75, 3.05) is 5.32 Å². The molecule has 0 bridgehead atoms. The number of fused-ring (bicyclic) bond motifs is 3. The van der Waals surface area contributed by atoms with Crippen molar-refractivity contribution < 1.29 is 13.6 Å². The second-order valence-corrected chi connectivity index (χ2v) is 6.68. The predicted molar refractivity (Wildman–Crippen MR) is 97.4 cm³/mol. The lowest BCUT2D eigenvalue weighted by atomic mass is 10.0. The van der Waals surface area contributed by atoms with Gasteiger partial charge in [-0.3, -0.25) is 9.78 Å². The van der Waals surface area contributed by atoms with Gasteiger partial charge in [0.05, 0.1) is 18.2 Å². The molecule has 4 aromatic rings. The number of rotatable bonds is 3. The highest BCUT2D eigenvalue weighted by atomic mass is 16.4. The van der Waals surface area contributed by atoms with Gasteiger partial charge in [0.1, 0.15) is 5.58 Å². The molecule has 0 fully saturated rings. The van der Waals surface area contributed by atoms with Gasteiger partial charge in [-0.2, -0.15) is 0 Å². The van der Waals surface area contributed by atoms with Crippen LogP contribution in [0.3, 0.4) is 0 Å². The molecule has 1 amide bonds. The zero-order chi connectivity index (χ0) is 17.7. The van der Waals surface area contributed by atoms with Gasteiger partial charge in [-0.15, -0.1) is 0 Å². The number of oxazole rings is 1. The van der Waals surface area contributed by atoms with Crippen LogP contribution >= 0.6 is 0 Å². The molecule has 5 rings (SSSR count). The van der Waals surface area contributed by atoms with E-state index in [2.05, 4.69) is 22.4 Å². The maximum Gasteiger partial charge on any atom is 0.417 e. The number of carbonyl (C=O) groups is 1. The number of amides is 1. The summed E-state index contributed by atoms with van der Waals surface area (Å²) < 4.78 is 10.6. The van der Waals surface area contributed by atoms with Crippen LogP contribution < -0.4 is 11.1 Å². The maximum atomic E-state index is 12.5. The highest BCUT2D eigenvalue weighted by Crippen LogP contribution is 2.30. The van der Waals surface area contributed by atoms with E-state index in [0.717, 1.165) is 29.4 Å². The van der Waals surface area contributed by atoms with Crippen LogP contribution in [-0.4, -0.2) is 10.9 Å². The smallest absolute Gasteiger partial charge is 0.417 e. The third kappa shape index (κ3) is 2.50. The van der Waals surface area contributed by atoms with Crippen LogP contribution in [0.2, 0.25) is 0 Å². The van der Waals surface area contributed by atoms with Crippen LogP contribution in [-0.2, 0) is 24.1 Å². The second kappa shape index (κ2) is 5.62. The SMILES string of the molecule is O=C(Cc1coc2cc3c(cc12)CCC3)Nc1ccc2oc(=O)[nH]c2c1. The second-order valence-electron chi connectivity index (χ2n) is 6.68. The molecular weight excluding hydrogens is 332 g/mol. The minimum atomic E-state index is -0.513. The molecule has 6 heteroatoms. The van der Waals surface area contributed by atoms with Crippen LogP contribution in [0.4, 0.5) is 5.69 Å². The summed E-state index contributed by atoms with van der Waals surface area (Å²) in [6.45, 7) is 0. The minimum absolute atomic E-state index is 0.140. The summed E-state index contributed by atoms with van der Waals surface area (Å²) in [6, 6.07) is 9.30. The van der Waals surface area contributed by atoms with E-state index in [1.54, 1.807) is 24.5 Å². The van der Waals surface area contributed by atoms with Gasteiger partial charge < -0.3 is 14.2 Å². The van der Waals surface area contributed by atoms with Crippen LogP contribution in [0, 0.1) is 0 Å². The Labute approximate surface area is 147 Å². The third-order valence-electron chi connectivity index (χ3n) is 4.92. The molecule has 0 spiro atoms. The van der Waals surface area contributed by atoms with Gasteiger partial charge in [-0.1, -0.05) is 0 Å². The number of nitrogens with one attached hydrogen (secondary N) is 2. The van der Waals surface area contributed by atoms with Crippen LogP contribution in [0.15, 0.2) is 50.2 Å². The topological polar surface area (TPSA) is 88.2 Å². The molecule has 0 saturated carbocycles. The standard InChI is InChI=1S/C20H16N2O4/c23-19(21-14-4-5-17-16(9-14)22-20(24)26-17)8-13-10-25-18-7-12-3-1-2-11(12)6-15(13)18/h4-7,9-10H,1-3,8H2,(H,21,23)(H,22,24). The minimum Gasteiger partial charge on any atom is -0.464 e. The molecule has 2 aromatic heterocycles. The van der Waals surface area contributed by atoms with Gasteiger partial charge in [-0.25, -0.2) is 4.79 Å².